The Morgan fingerprint density at radius 1 is 1.40 bits per heavy atom. The molecule has 0 unspecified atom stereocenters. The molecule has 1 aromatic rings. The van der Waals surface area contributed by atoms with Crippen molar-refractivity contribution in [2.75, 3.05) is 26.0 Å². The molecule has 0 saturated heterocycles. The summed E-state index contributed by atoms with van der Waals surface area (Å²) >= 11 is 0. The minimum atomic E-state index is 0.331. The van der Waals surface area contributed by atoms with Crippen LogP contribution in [0.4, 0.5) is 5.82 Å². The molecule has 1 aromatic heterocycles. The number of hydrogen-bond donors (Lipinski definition) is 1. The number of nitrogens with zero attached hydrogens (tertiary/aromatic N) is 3. The highest BCUT2D eigenvalue weighted by Crippen LogP contribution is 2.35. The summed E-state index contributed by atoms with van der Waals surface area (Å²) in [5.74, 6) is 0.866. The van der Waals surface area contributed by atoms with E-state index in [2.05, 4.69) is 34.3 Å². The van der Waals surface area contributed by atoms with Crippen LogP contribution in [0.25, 0.3) is 0 Å². The average molecular weight is 206 g/mol. The van der Waals surface area contributed by atoms with Crippen LogP contribution in [0.2, 0.25) is 0 Å². The maximum Gasteiger partial charge on any atom is 0.144 e. The minimum Gasteiger partial charge on any atom is -0.367 e. The second kappa shape index (κ2) is 4.14. The van der Waals surface area contributed by atoms with Gasteiger partial charge < -0.3 is 10.2 Å². The molecule has 0 aliphatic heterocycles. The molecule has 0 aromatic carbocycles. The molecule has 0 spiro atoms. The van der Waals surface area contributed by atoms with Crippen LogP contribution in [0, 0.1) is 0 Å². The zero-order valence-electron chi connectivity index (χ0n) is 9.40. The predicted octanol–water partition coefficient (Wildman–Crippen LogP) is 1.37. The van der Waals surface area contributed by atoms with Gasteiger partial charge in [-0.1, -0.05) is 0 Å². The molecule has 1 aliphatic carbocycles. The summed E-state index contributed by atoms with van der Waals surface area (Å²) in [4.78, 5) is 10.6. The Morgan fingerprint density at radius 3 is 2.67 bits per heavy atom. The van der Waals surface area contributed by atoms with Gasteiger partial charge in [0.05, 0.1) is 6.20 Å². The summed E-state index contributed by atoms with van der Waals surface area (Å²) in [6.07, 6.45) is 9.05. The molecule has 1 saturated carbocycles. The van der Waals surface area contributed by atoms with E-state index < -0.39 is 0 Å². The van der Waals surface area contributed by atoms with Crippen molar-refractivity contribution in [3.8, 4) is 0 Å². The first kappa shape index (κ1) is 10.4. The maximum absolute atomic E-state index is 4.21. The molecule has 1 aliphatic rings. The Bertz CT molecular complexity index is 306. The zero-order valence-corrected chi connectivity index (χ0v) is 9.40. The van der Waals surface area contributed by atoms with Crippen LogP contribution in [0.15, 0.2) is 18.6 Å². The van der Waals surface area contributed by atoms with Gasteiger partial charge in [-0.15, -0.1) is 0 Å². The van der Waals surface area contributed by atoms with E-state index >= 15 is 0 Å². The molecule has 1 fully saturated rings. The lowest BCUT2D eigenvalue weighted by Crippen LogP contribution is -2.54. The van der Waals surface area contributed by atoms with Crippen LogP contribution < -0.4 is 5.32 Å². The lowest BCUT2D eigenvalue weighted by Gasteiger charge is -2.47. The Labute approximate surface area is 90.7 Å². The second-order valence-corrected chi connectivity index (χ2v) is 4.42. The number of anilines is 1. The Balaban J connectivity index is 1.92. The maximum atomic E-state index is 4.21. The van der Waals surface area contributed by atoms with E-state index in [0.717, 1.165) is 12.4 Å². The van der Waals surface area contributed by atoms with E-state index in [0.29, 0.717) is 5.54 Å². The lowest BCUT2D eigenvalue weighted by molar-refractivity contribution is 0.0738. The van der Waals surface area contributed by atoms with Gasteiger partial charge >= 0.3 is 0 Å². The highest BCUT2D eigenvalue weighted by atomic mass is 15.2. The SMILES string of the molecule is CN(C)C1(CNc2cnccn2)CCC1. The average Bonchev–Trinajstić information content (AvgIpc) is 2.17. The molecular formula is C11H18N4. The third-order valence-corrected chi connectivity index (χ3v) is 3.39. The fraction of sp³-hybridized carbons (Fsp3) is 0.636. The Hall–Kier alpha value is -1.16. The van der Waals surface area contributed by atoms with E-state index in [-0.39, 0.29) is 0 Å². The van der Waals surface area contributed by atoms with Gasteiger partial charge in [0, 0.05) is 24.5 Å². The molecule has 0 radical (unpaired) electrons. The quantitative estimate of drug-likeness (QED) is 0.808. The third-order valence-electron chi connectivity index (χ3n) is 3.39. The van der Waals surface area contributed by atoms with Gasteiger partial charge in [-0.25, -0.2) is 4.98 Å². The van der Waals surface area contributed by atoms with E-state index in [4.69, 9.17) is 0 Å². The monoisotopic (exact) mass is 206 g/mol. The van der Waals surface area contributed by atoms with E-state index in [9.17, 15) is 0 Å². The summed E-state index contributed by atoms with van der Waals surface area (Å²) in [6.45, 7) is 0.957. The van der Waals surface area contributed by atoms with E-state index in [1.807, 2.05) is 0 Å². The normalized spacial score (nSPS) is 18.6. The van der Waals surface area contributed by atoms with Crippen molar-refractivity contribution >= 4 is 5.82 Å². The topological polar surface area (TPSA) is 41.0 Å². The summed E-state index contributed by atoms with van der Waals surface area (Å²) in [6, 6.07) is 0. The first-order chi connectivity index (χ1) is 7.23. The molecule has 4 heteroatoms. The lowest BCUT2D eigenvalue weighted by atomic mass is 9.75. The predicted molar refractivity (Wildman–Crippen MR) is 60.8 cm³/mol. The molecule has 4 nitrogen and oxygen atoms in total. The van der Waals surface area contributed by atoms with Gasteiger partial charge in [-0.3, -0.25) is 4.98 Å². The van der Waals surface area contributed by atoms with Crippen molar-refractivity contribution in [1.29, 1.82) is 0 Å². The third kappa shape index (κ3) is 2.09. The van der Waals surface area contributed by atoms with Crippen molar-refractivity contribution in [1.82, 2.24) is 14.9 Å². The molecule has 15 heavy (non-hydrogen) atoms. The molecule has 1 N–H and O–H groups in total. The second-order valence-electron chi connectivity index (χ2n) is 4.42. The summed E-state index contributed by atoms with van der Waals surface area (Å²) in [5, 5.41) is 3.35. The fourth-order valence-corrected chi connectivity index (χ4v) is 2.01. The van der Waals surface area contributed by atoms with Gasteiger partial charge in [0.2, 0.25) is 0 Å². The first-order valence-electron chi connectivity index (χ1n) is 5.40. The van der Waals surface area contributed by atoms with Crippen LogP contribution >= 0.6 is 0 Å². The molecule has 0 atom stereocenters. The largest absolute Gasteiger partial charge is 0.367 e. The van der Waals surface area contributed by atoms with Crippen molar-refractivity contribution in [3.05, 3.63) is 18.6 Å². The van der Waals surface area contributed by atoms with E-state index in [1.54, 1.807) is 18.6 Å². The van der Waals surface area contributed by atoms with Crippen molar-refractivity contribution in [3.63, 3.8) is 0 Å². The standard InChI is InChI=1S/C11H18N4/c1-15(2)11(4-3-5-11)9-14-10-8-12-6-7-13-10/h6-8H,3-5,9H2,1-2H3,(H,13,14). The van der Waals surface area contributed by atoms with Gasteiger partial charge in [-0.05, 0) is 33.4 Å². The van der Waals surface area contributed by atoms with Gasteiger partial charge in [0.15, 0.2) is 0 Å². The fourth-order valence-electron chi connectivity index (χ4n) is 2.01. The van der Waals surface area contributed by atoms with Crippen molar-refractivity contribution < 1.29 is 0 Å². The summed E-state index contributed by atoms with van der Waals surface area (Å²) < 4.78 is 0. The van der Waals surface area contributed by atoms with Crippen molar-refractivity contribution in [2.24, 2.45) is 0 Å². The molecule has 82 valence electrons. The van der Waals surface area contributed by atoms with Gasteiger partial charge in [0.25, 0.3) is 0 Å². The number of hydrogen-bond acceptors (Lipinski definition) is 4. The van der Waals surface area contributed by atoms with Crippen LogP contribution in [0.1, 0.15) is 19.3 Å². The van der Waals surface area contributed by atoms with Crippen LogP contribution in [0.3, 0.4) is 0 Å². The molecular weight excluding hydrogens is 188 g/mol. The first-order valence-corrected chi connectivity index (χ1v) is 5.40. The Morgan fingerprint density at radius 2 is 2.20 bits per heavy atom. The summed E-state index contributed by atoms with van der Waals surface area (Å²) in [5.41, 5.74) is 0.331. The summed E-state index contributed by atoms with van der Waals surface area (Å²) in [7, 11) is 4.30. The number of nitrogens with one attached hydrogen (secondary N) is 1. The minimum absolute atomic E-state index is 0.331. The number of aromatic nitrogens is 2. The highest BCUT2D eigenvalue weighted by Gasteiger charge is 2.38. The smallest absolute Gasteiger partial charge is 0.144 e. The van der Waals surface area contributed by atoms with Crippen LogP contribution in [-0.4, -0.2) is 41.0 Å². The zero-order chi connectivity index (χ0) is 10.7. The van der Waals surface area contributed by atoms with Gasteiger partial charge in [0.1, 0.15) is 5.82 Å². The highest BCUT2D eigenvalue weighted by molar-refractivity contribution is 5.31. The molecule has 2 rings (SSSR count). The number of rotatable bonds is 4. The molecule has 1 heterocycles. The van der Waals surface area contributed by atoms with Crippen LogP contribution in [0.5, 0.6) is 0 Å². The molecule has 0 amide bonds. The Kier molecular flexibility index (Phi) is 2.86. The number of likely N-dealkylation sites (N-methyl/N-ethyl adjacent to an activating group) is 1. The van der Waals surface area contributed by atoms with E-state index in [1.165, 1.54) is 19.3 Å². The molecule has 0 bridgehead atoms. The van der Waals surface area contributed by atoms with Crippen molar-refractivity contribution in [2.45, 2.75) is 24.8 Å². The van der Waals surface area contributed by atoms with Crippen LogP contribution in [-0.2, 0) is 0 Å². The van der Waals surface area contributed by atoms with Gasteiger partial charge in [-0.2, -0.15) is 0 Å².